The number of sulfonamides is 1. The summed E-state index contributed by atoms with van der Waals surface area (Å²) in [5.74, 6) is 0.364. The molecule has 3 aromatic rings. The molecule has 0 atom stereocenters. The molecule has 2 fully saturated rings. The molecule has 2 heterocycles. The number of fused-ring (bicyclic) bond motifs is 1. The summed E-state index contributed by atoms with van der Waals surface area (Å²) >= 11 is 0. The van der Waals surface area contributed by atoms with Gasteiger partial charge in [0.15, 0.2) is 0 Å². The van der Waals surface area contributed by atoms with Gasteiger partial charge in [0, 0.05) is 25.1 Å². The van der Waals surface area contributed by atoms with E-state index in [1.807, 2.05) is 25.1 Å². The van der Waals surface area contributed by atoms with Crippen molar-refractivity contribution in [3.05, 3.63) is 65.0 Å². The third kappa shape index (κ3) is 3.98. The number of benzene rings is 2. The van der Waals surface area contributed by atoms with Gasteiger partial charge in [-0.25, -0.2) is 12.8 Å². The number of nitrogens with zero attached hydrogens (tertiary/aromatic N) is 1. The summed E-state index contributed by atoms with van der Waals surface area (Å²) in [5, 5.41) is 0.802. The van der Waals surface area contributed by atoms with Gasteiger partial charge < -0.3 is 9.72 Å². The molecule has 0 amide bonds. The molecule has 0 bridgehead atoms. The van der Waals surface area contributed by atoms with E-state index in [0.29, 0.717) is 49.0 Å². The molecule has 1 saturated heterocycles. The lowest BCUT2D eigenvalue weighted by atomic mass is 9.70. The van der Waals surface area contributed by atoms with Crippen LogP contribution in [0.5, 0.6) is 0 Å². The van der Waals surface area contributed by atoms with Crippen LogP contribution in [-0.4, -0.2) is 37.4 Å². The number of ether oxygens (including phenoxy) is 1. The highest BCUT2D eigenvalue weighted by Crippen LogP contribution is 2.46. The Labute approximate surface area is 188 Å². The van der Waals surface area contributed by atoms with Crippen molar-refractivity contribution < 1.29 is 17.5 Å². The van der Waals surface area contributed by atoms with Crippen molar-refractivity contribution >= 4 is 20.9 Å². The van der Waals surface area contributed by atoms with Gasteiger partial charge in [-0.15, -0.1) is 0 Å². The van der Waals surface area contributed by atoms with Crippen molar-refractivity contribution in [2.24, 2.45) is 5.92 Å². The van der Waals surface area contributed by atoms with Gasteiger partial charge in [0.05, 0.1) is 12.1 Å². The highest BCUT2D eigenvalue weighted by Gasteiger charge is 2.35. The van der Waals surface area contributed by atoms with Crippen molar-refractivity contribution in [1.82, 2.24) is 9.29 Å². The summed E-state index contributed by atoms with van der Waals surface area (Å²) in [6.07, 6.45) is 3.67. The molecule has 32 heavy (non-hydrogen) atoms. The average molecular weight is 457 g/mol. The molecular formula is C25H29FN2O3S. The van der Waals surface area contributed by atoms with E-state index >= 15 is 0 Å². The van der Waals surface area contributed by atoms with Gasteiger partial charge in [0.25, 0.3) is 10.0 Å². The number of rotatable bonds is 7. The number of hydrogen-bond acceptors (Lipinski definition) is 3. The van der Waals surface area contributed by atoms with Crippen molar-refractivity contribution in [3.63, 3.8) is 0 Å². The van der Waals surface area contributed by atoms with Crippen LogP contribution in [0.25, 0.3) is 10.9 Å². The van der Waals surface area contributed by atoms with Crippen molar-refractivity contribution in [2.45, 2.75) is 50.2 Å². The predicted octanol–water partition coefficient (Wildman–Crippen LogP) is 5.11. The maximum absolute atomic E-state index is 14.7. The minimum Gasteiger partial charge on any atom is -0.376 e. The fraction of sp³-hybridized carbons (Fsp3) is 0.440. The van der Waals surface area contributed by atoms with Crippen LogP contribution < -0.4 is 0 Å². The van der Waals surface area contributed by atoms with Crippen molar-refractivity contribution in [3.8, 4) is 0 Å². The van der Waals surface area contributed by atoms with E-state index in [9.17, 15) is 12.8 Å². The van der Waals surface area contributed by atoms with Crippen LogP contribution in [0, 0.1) is 18.7 Å². The Morgan fingerprint density at radius 3 is 2.56 bits per heavy atom. The first-order valence-electron chi connectivity index (χ1n) is 11.4. The Bertz CT molecular complexity index is 1210. The molecule has 7 heteroatoms. The molecule has 1 aliphatic heterocycles. The Balaban J connectivity index is 1.33. The zero-order chi connectivity index (χ0) is 22.3. The van der Waals surface area contributed by atoms with E-state index in [4.69, 9.17) is 4.74 Å². The monoisotopic (exact) mass is 456 g/mol. The number of H-pyrrole nitrogens is 1. The van der Waals surface area contributed by atoms with E-state index in [-0.39, 0.29) is 5.03 Å². The quantitative estimate of drug-likeness (QED) is 0.537. The first kappa shape index (κ1) is 21.6. The van der Waals surface area contributed by atoms with Crippen molar-refractivity contribution in [1.29, 1.82) is 0 Å². The number of hydrogen-bond donors (Lipinski definition) is 1. The molecule has 0 spiro atoms. The molecule has 0 unspecified atom stereocenters. The molecule has 5 nitrogen and oxygen atoms in total. The molecule has 170 valence electrons. The van der Waals surface area contributed by atoms with Gasteiger partial charge in [-0.1, -0.05) is 30.3 Å². The second-order valence-electron chi connectivity index (χ2n) is 9.16. The fourth-order valence-electron chi connectivity index (χ4n) is 5.16. The predicted molar refractivity (Wildman–Crippen MR) is 123 cm³/mol. The van der Waals surface area contributed by atoms with Crippen LogP contribution in [0.1, 0.15) is 48.3 Å². The minimum absolute atomic E-state index is 0.0993. The highest BCUT2D eigenvalue weighted by atomic mass is 32.2. The van der Waals surface area contributed by atoms with Gasteiger partial charge in [-0.2, -0.15) is 4.31 Å². The summed E-state index contributed by atoms with van der Waals surface area (Å²) in [6.45, 7) is 4.28. The van der Waals surface area contributed by atoms with E-state index < -0.39 is 15.8 Å². The number of halogens is 1. The van der Waals surface area contributed by atoms with E-state index in [0.717, 1.165) is 36.8 Å². The summed E-state index contributed by atoms with van der Waals surface area (Å²) < 4.78 is 48.1. The van der Waals surface area contributed by atoms with Crippen LogP contribution in [0.3, 0.4) is 0 Å². The summed E-state index contributed by atoms with van der Waals surface area (Å²) in [4.78, 5) is 2.89. The Hall–Kier alpha value is -2.22. The minimum atomic E-state index is -3.62. The van der Waals surface area contributed by atoms with E-state index in [1.165, 1.54) is 15.9 Å². The average Bonchev–Trinajstić information content (AvgIpc) is 3.43. The zero-order valence-corrected chi connectivity index (χ0v) is 19.1. The summed E-state index contributed by atoms with van der Waals surface area (Å²) in [5.41, 5.74) is 3.42. The third-order valence-corrected chi connectivity index (χ3v) is 8.70. The van der Waals surface area contributed by atoms with Crippen LogP contribution in [0.4, 0.5) is 4.39 Å². The van der Waals surface area contributed by atoms with Crippen LogP contribution in [-0.2, 0) is 21.4 Å². The molecule has 2 aromatic carbocycles. The standard InChI is InChI=1S/C25H29FN2O3S/c1-17-11-22(26)25-21(14-23(27-25)32(29,30)28-9-5-6-10-28)24(17)20-12-19(13-20)16-31-15-18-7-3-2-4-8-18/h2-4,7-8,11,14,19-20,27H,5-6,9-10,12-13,15-16H2,1H3. The second-order valence-corrected chi connectivity index (χ2v) is 11.1. The first-order valence-corrected chi connectivity index (χ1v) is 12.8. The number of aryl methyl sites for hydroxylation is 1. The molecular weight excluding hydrogens is 427 g/mol. The molecule has 2 aliphatic rings. The van der Waals surface area contributed by atoms with Crippen molar-refractivity contribution in [2.75, 3.05) is 19.7 Å². The number of aromatic amines is 1. The molecule has 0 radical (unpaired) electrons. The number of nitrogens with one attached hydrogen (secondary N) is 1. The topological polar surface area (TPSA) is 62.4 Å². The maximum Gasteiger partial charge on any atom is 0.258 e. The van der Waals surface area contributed by atoms with Gasteiger partial charge in [0.2, 0.25) is 0 Å². The Morgan fingerprint density at radius 1 is 1.12 bits per heavy atom. The first-order chi connectivity index (χ1) is 15.4. The zero-order valence-electron chi connectivity index (χ0n) is 18.3. The fourth-order valence-corrected chi connectivity index (χ4v) is 6.67. The molecule has 1 aromatic heterocycles. The molecule has 5 rings (SSSR count). The van der Waals surface area contributed by atoms with Gasteiger partial charge in [-0.05, 0) is 73.3 Å². The number of aromatic nitrogens is 1. The van der Waals surface area contributed by atoms with E-state index in [2.05, 4.69) is 17.1 Å². The van der Waals surface area contributed by atoms with Crippen LogP contribution in [0.2, 0.25) is 0 Å². The SMILES string of the molecule is Cc1cc(F)c2[nH]c(S(=O)(=O)N3CCCC3)cc2c1C1CC(COCc2ccccc2)C1. The molecule has 1 N–H and O–H groups in total. The van der Waals surface area contributed by atoms with Gasteiger partial charge in [-0.3, -0.25) is 0 Å². The second kappa shape index (κ2) is 8.61. The van der Waals surface area contributed by atoms with Crippen LogP contribution >= 0.6 is 0 Å². The Kier molecular flexibility index (Phi) is 5.82. The maximum atomic E-state index is 14.7. The summed E-state index contributed by atoms with van der Waals surface area (Å²) in [6, 6.07) is 13.3. The lowest BCUT2D eigenvalue weighted by Gasteiger charge is -2.36. The third-order valence-electron chi connectivity index (χ3n) is 6.88. The lowest BCUT2D eigenvalue weighted by Crippen LogP contribution is -2.28. The normalized spacial score (nSPS) is 21.8. The van der Waals surface area contributed by atoms with Crippen LogP contribution in [0.15, 0.2) is 47.5 Å². The molecule has 1 saturated carbocycles. The summed E-state index contributed by atoms with van der Waals surface area (Å²) in [7, 11) is -3.62. The smallest absolute Gasteiger partial charge is 0.258 e. The highest BCUT2D eigenvalue weighted by molar-refractivity contribution is 7.89. The van der Waals surface area contributed by atoms with Gasteiger partial charge in [0.1, 0.15) is 10.8 Å². The van der Waals surface area contributed by atoms with Gasteiger partial charge >= 0.3 is 0 Å². The largest absolute Gasteiger partial charge is 0.376 e. The van der Waals surface area contributed by atoms with E-state index in [1.54, 1.807) is 6.07 Å². The lowest BCUT2D eigenvalue weighted by molar-refractivity contribution is 0.0509. The Morgan fingerprint density at radius 2 is 1.84 bits per heavy atom. The molecule has 1 aliphatic carbocycles.